The first kappa shape index (κ1) is 14.3. The van der Waals surface area contributed by atoms with E-state index in [2.05, 4.69) is 6.92 Å². The summed E-state index contributed by atoms with van der Waals surface area (Å²) in [6, 6.07) is 17.4. The molecule has 0 N–H and O–H groups in total. The lowest BCUT2D eigenvalue weighted by atomic mass is 10.3. The molecular weight excluding hydrogens is 252 g/mol. The summed E-state index contributed by atoms with van der Waals surface area (Å²) in [7, 11) is 0. The number of para-hydroxylation sites is 1. The maximum atomic E-state index is 5.61. The van der Waals surface area contributed by atoms with Gasteiger partial charge >= 0.3 is 0 Å². The number of benzene rings is 2. The zero-order valence-electron chi connectivity index (χ0n) is 11.7. The second-order valence-corrected chi connectivity index (χ2v) is 4.33. The molecule has 106 valence electrons. The molecule has 0 aliphatic carbocycles. The summed E-state index contributed by atoms with van der Waals surface area (Å²) < 4.78 is 16.7. The van der Waals surface area contributed by atoms with Crippen LogP contribution in [0.25, 0.3) is 0 Å². The van der Waals surface area contributed by atoms with Gasteiger partial charge in [-0.25, -0.2) is 0 Å². The highest BCUT2D eigenvalue weighted by Gasteiger charge is 1.97. The van der Waals surface area contributed by atoms with E-state index in [4.69, 9.17) is 14.2 Å². The van der Waals surface area contributed by atoms with Crippen LogP contribution in [-0.2, 0) is 0 Å². The third-order valence-corrected chi connectivity index (χ3v) is 2.66. The van der Waals surface area contributed by atoms with E-state index in [0.717, 1.165) is 30.3 Å². The topological polar surface area (TPSA) is 27.7 Å². The summed E-state index contributed by atoms with van der Waals surface area (Å²) in [5.74, 6) is 2.56. The minimum Gasteiger partial charge on any atom is -0.494 e. The normalized spacial score (nSPS) is 10.1. The highest BCUT2D eigenvalue weighted by atomic mass is 16.5. The first-order chi connectivity index (χ1) is 9.88. The Bertz CT molecular complexity index is 479. The van der Waals surface area contributed by atoms with Gasteiger partial charge in [0.2, 0.25) is 0 Å². The fraction of sp³-hybridized carbons (Fsp3) is 0.294. The Kier molecular flexibility index (Phi) is 5.77. The first-order valence-electron chi connectivity index (χ1n) is 6.92. The molecule has 0 radical (unpaired) electrons. The lowest BCUT2D eigenvalue weighted by Gasteiger charge is -2.09. The van der Waals surface area contributed by atoms with Crippen molar-refractivity contribution in [2.24, 2.45) is 0 Å². The molecule has 0 unspecified atom stereocenters. The van der Waals surface area contributed by atoms with Crippen molar-refractivity contribution in [2.75, 3.05) is 19.8 Å². The van der Waals surface area contributed by atoms with Crippen LogP contribution in [0.3, 0.4) is 0 Å². The maximum absolute atomic E-state index is 5.61. The number of ether oxygens (including phenoxy) is 3. The molecule has 0 bridgehead atoms. The average molecular weight is 272 g/mol. The van der Waals surface area contributed by atoms with Gasteiger partial charge < -0.3 is 14.2 Å². The Morgan fingerprint density at radius 2 is 1.05 bits per heavy atom. The van der Waals surface area contributed by atoms with Crippen molar-refractivity contribution in [3.05, 3.63) is 54.6 Å². The molecule has 2 aromatic rings. The number of hydrogen-bond donors (Lipinski definition) is 0. The minimum absolute atomic E-state index is 0.518. The van der Waals surface area contributed by atoms with Crippen LogP contribution < -0.4 is 14.2 Å². The Labute approximate surface area is 120 Å². The van der Waals surface area contributed by atoms with E-state index < -0.39 is 0 Å². The van der Waals surface area contributed by atoms with Crippen LogP contribution in [0.4, 0.5) is 0 Å². The van der Waals surface area contributed by atoms with Crippen LogP contribution in [0.15, 0.2) is 54.6 Å². The number of hydrogen-bond acceptors (Lipinski definition) is 3. The van der Waals surface area contributed by atoms with Gasteiger partial charge in [-0.2, -0.15) is 0 Å². The zero-order chi connectivity index (χ0) is 14.0. The van der Waals surface area contributed by atoms with Crippen LogP contribution in [-0.4, -0.2) is 19.8 Å². The van der Waals surface area contributed by atoms with Crippen molar-refractivity contribution in [3.8, 4) is 17.2 Å². The van der Waals surface area contributed by atoms with Gasteiger partial charge in [0.25, 0.3) is 0 Å². The molecule has 0 spiro atoms. The monoisotopic (exact) mass is 272 g/mol. The molecule has 3 heteroatoms. The van der Waals surface area contributed by atoms with E-state index in [1.54, 1.807) is 0 Å². The van der Waals surface area contributed by atoms with Crippen molar-refractivity contribution in [2.45, 2.75) is 13.3 Å². The standard InChI is InChI=1S/C17H20O3/c1-2-12-18-16-8-10-17(11-9-16)20-14-13-19-15-6-4-3-5-7-15/h3-11H,2,12-14H2,1H3. The molecule has 20 heavy (non-hydrogen) atoms. The highest BCUT2D eigenvalue weighted by Crippen LogP contribution is 2.17. The van der Waals surface area contributed by atoms with Crippen LogP contribution in [0.1, 0.15) is 13.3 Å². The predicted octanol–water partition coefficient (Wildman–Crippen LogP) is 3.93. The van der Waals surface area contributed by atoms with Gasteiger partial charge in [0.1, 0.15) is 30.5 Å². The quantitative estimate of drug-likeness (QED) is 0.681. The summed E-state index contributed by atoms with van der Waals surface area (Å²) in [5.41, 5.74) is 0. The fourth-order valence-electron chi connectivity index (χ4n) is 1.69. The summed E-state index contributed by atoms with van der Waals surface area (Å²) in [4.78, 5) is 0. The third-order valence-electron chi connectivity index (χ3n) is 2.66. The van der Waals surface area contributed by atoms with Gasteiger partial charge in [-0.3, -0.25) is 0 Å². The SMILES string of the molecule is CCCOc1ccc(OCCOc2ccccc2)cc1. The average Bonchev–Trinajstić information content (AvgIpc) is 2.52. The Morgan fingerprint density at radius 3 is 1.55 bits per heavy atom. The molecule has 0 saturated carbocycles. The van der Waals surface area contributed by atoms with Gasteiger partial charge in [-0.1, -0.05) is 25.1 Å². The van der Waals surface area contributed by atoms with Gasteiger partial charge in [-0.15, -0.1) is 0 Å². The van der Waals surface area contributed by atoms with E-state index in [-0.39, 0.29) is 0 Å². The summed E-state index contributed by atoms with van der Waals surface area (Å²) in [5, 5.41) is 0. The van der Waals surface area contributed by atoms with Crippen LogP contribution in [0, 0.1) is 0 Å². The van der Waals surface area contributed by atoms with Crippen molar-refractivity contribution in [3.63, 3.8) is 0 Å². The van der Waals surface area contributed by atoms with Crippen molar-refractivity contribution in [1.82, 2.24) is 0 Å². The summed E-state index contributed by atoms with van der Waals surface area (Å²) >= 11 is 0. The molecule has 0 atom stereocenters. The largest absolute Gasteiger partial charge is 0.494 e. The maximum Gasteiger partial charge on any atom is 0.122 e. The smallest absolute Gasteiger partial charge is 0.122 e. The van der Waals surface area contributed by atoms with E-state index in [1.807, 2.05) is 54.6 Å². The lowest BCUT2D eigenvalue weighted by Crippen LogP contribution is -2.08. The Hall–Kier alpha value is -2.16. The Morgan fingerprint density at radius 1 is 0.600 bits per heavy atom. The molecule has 0 amide bonds. The van der Waals surface area contributed by atoms with Crippen molar-refractivity contribution >= 4 is 0 Å². The van der Waals surface area contributed by atoms with Crippen molar-refractivity contribution in [1.29, 1.82) is 0 Å². The molecular formula is C17H20O3. The Balaban J connectivity index is 1.69. The fourth-order valence-corrected chi connectivity index (χ4v) is 1.69. The van der Waals surface area contributed by atoms with Gasteiger partial charge in [0.05, 0.1) is 6.61 Å². The minimum atomic E-state index is 0.518. The van der Waals surface area contributed by atoms with Gasteiger partial charge in [0, 0.05) is 0 Å². The van der Waals surface area contributed by atoms with Crippen LogP contribution in [0.2, 0.25) is 0 Å². The second kappa shape index (κ2) is 8.10. The second-order valence-electron chi connectivity index (χ2n) is 4.33. The van der Waals surface area contributed by atoms with E-state index in [9.17, 15) is 0 Å². The first-order valence-corrected chi connectivity index (χ1v) is 6.92. The molecule has 3 nitrogen and oxygen atoms in total. The molecule has 0 heterocycles. The molecule has 2 aromatic carbocycles. The molecule has 0 fully saturated rings. The highest BCUT2D eigenvalue weighted by molar-refractivity contribution is 5.31. The van der Waals surface area contributed by atoms with E-state index >= 15 is 0 Å². The molecule has 0 aliphatic heterocycles. The van der Waals surface area contributed by atoms with Crippen LogP contribution in [0.5, 0.6) is 17.2 Å². The van der Waals surface area contributed by atoms with E-state index in [0.29, 0.717) is 13.2 Å². The van der Waals surface area contributed by atoms with Gasteiger partial charge in [-0.05, 0) is 42.8 Å². The van der Waals surface area contributed by atoms with E-state index in [1.165, 1.54) is 0 Å². The third kappa shape index (κ3) is 4.84. The molecule has 0 aromatic heterocycles. The number of rotatable bonds is 8. The lowest BCUT2D eigenvalue weighted by molar-refractivity contribution is 0.217. The molecule has 0 saturated heterocycles. The zero-order valence-corrected chi connectivity index (χ0v) is 11.7. The van der Waals surface area contributed by atoms with Gasteiger partial charge in [0.15, 0.2) is 0 Å². The molecule has 0 aliphatic rings. The summed E-state index contributed by atoms with van der Waals surface area (Å²) in [6.07, 6.45) is 1.01. The van der Waals surface area contributed by atoms with Crippen molar-refractivity contribution < 1.29 is 14.2 Å². The summed E-state index contributed by atoms with van der Waals surface area (Å²) in [6.45, 7) is 3.87. The predicted molar refractivity (Wildman–Crippen MR) is 79.7 cm³/mol. The molecule has 2 rings (SSSR count). The van der Waals surface area contributed by atoms with Crippen LogP contribution >= 0.6 is 0 Å².